The Kier molecular flexibility index (Phi) is 10.9. The number of carbonyl (C=O) groups excluding carboxylic acids is 1. The van der Waals surface area contributed by atoms with Crippen molar-refractivity contribution in [1.29, 1.82) is 0 Å². The molecule has 3 aliphatic carbocycles. The third kappa shape index (κ3) is 7.07. The fourth-order valence-corrected chi connectivity index (χ4v) is 8.68. The first-order chi connectivity index (χ1) is 16.2. The average molecular weight is 588 g/mol. The molecule has 3 aliphatic rings. The van der Waals surface area contributed by atoms with Crippen LogP contribution in [-0.4, -0.2) is 92.4 Å². The maximum atomic E-state index is 14.0. The van der Waals surface area contributed by atoms with E-state index in [9.17, 15) is 13.2 Å². The van der Waals surface area contributed by atoms with E-state index in [-0.39, 0.29) is 42.2 Å². The number of rotatable bonds is 9. The van der Waals surface area contributed by atoms with E-state index in [1.165, 1.54) is 4.31 Å². The second kappa shape index (κ2) is 13.0. The Morgan fingerprint density at radius 1 is 0.912 bits per heavy atom. The third-order valence-electron chi connectivity index (χ3n) is 7.72. The van der Waals surface area contributed by atoms with Crippen LogP contribution in [-0.2, 0) is 29.0 Å². The Hall–Kier alpha value is 0.0300. The van der Waals surface area contributed by atoms with E-state index < -0.39 is 21.3 Å². The molecule has 0 radical (unpaired) electrons. The molecule has 1 amide bonds. The number of methoxy groups -OCH3 is 3. The zero-order valence-corrected chi connectivity index (χ0v) is 23.6. The highest BCUT2D eigenvalue weighted by molar-refractivity contribution is 9.09. The number of hydrogen-bond donors (Lipinski definition) is 1. The van der Waals surface area contributed by atoms with E-state index >= 15 is 0 Å². The second-order valence-corrected chi connectivity index (χ2v) is 13.9. The standard InChI is InChI=1S/C23H40BrClN2O6S/c1-31-20-10-6-16(25)12-19(20)27(14-23(28)26-17-7-4-15(24)5-8-17)34(29,30)18-9-11-21(32-2)22(13-18)33-3/h15-22H,4-14H2,1-3H3,(H,26,28). The topological polar surface area (TPSA) is 94.2 Å². The molecule has 1 N–H and O–H groups in total. The van der Waals surface area contributed by atoms with Gasteiger partial charge in [-0.2, -0.15) is 4.31 Å². The quantitative estimate of drug-likeness (QED) is 0.417. The first kappa shape index (κ1) is 28.6. The van der Waals surface area contributed by atoms with Gasteiger partial charge in [0.05, 0.1) is 36.1 Å². The molecular formula is C23H40BrClN2O6S. The van der Waals surface area contributed by atoms with Gasteiger partial charge in [-0.1, -0.05) is 15.9 Å². The molecule has 0 spiro atoms. The van der Waals surface area contributed by atoms with Gasteiger partial charge in [0, 0.05) is 37.6 Å². The number of carbonyl (C=O) groups is 1. The maximum absolute atomic E-state index is 14.0. The monoisotopic (exact) mass is 586 g/mol. The van der Waals surface area contributed by atoms with Crippen LogP contribution in [0, 0.1) is 0 Å². The fourth-order valence-electron chi connectivity index (χ4n) is 5.70. The maximum Gasteiger partial charge on any atom is 0.235 e. The number of amides is 1. The molecule has 3 fully saturated rings. The molecule has 0 heterocycles. The van der Waals surface area contributed by atoms with Crippen molar-refractivity contribution in [3.63, 3.8) is 0 Å². The van der Waals surface area contributed by atoms with Crippen LogP contribution in [0.1, 0.15) is 64.2 Å². The molecule has 6 unspecified atom stereocenters. The van der Waals surface area contributed by atoms with Crippen molar-refractivity contribution < 1.29 is 27.4 Å². The van der Waals surface area contributed by atoms with Crippen LogP contribution >= 0.6 is 27.5 Å². The van der Waals surface area contributed by atoms with Crippen LogP contribution in [0.25, 0.3) is 0 Å². The van der Waals surface area contributed by atoms with Crippen molar-refractivity contribution in [2.75, 3.05) is 27.9 Å². The summed E-state index contributed by atoms with van der Waals surface area (Å²) < 4.78 is 46.2. The van der Waals surface area contributed by atoms with E-state index in [0.29, 0.717) is 36.9 Å². The molecule has 3 rings (SSSR count). The van der Waals surface area contributed by atoms with Crippen molar-refractivity contribution in [3.8, 4) is 0 Å². The average Bonchev–Trinajstić information content (AvgIpc) is 2.83. The minimum atomic E-state index is -3.82. The van der Waals surface area contributed by atoms with Gasteiger partial charge in [0.25, 0.3) is 0 Å². The minimum Gasteiger partial charge on any atom is -0.380 e. The van der Waals surface area contributed by atoms with Gasteiger partial charge in [-0.15, -0.1) is 11.6 Å². The van der Waals surface area contributed by atoms with Crippen LogP contribution in [0.2, 0.25) is 0 Å². The first-order valence-electron chi connectivity index (χ1n) is 12.4. The van der Waals surface area contributed by atoms with Gasteiger partial charge >= 0.3 is 0 Å². The summed E-state index contributed by atoms with van der Waals surface area (Å²) in [7, 11) is 0.983. The zero-order valence-electron chi connectivity index (χ0n) is 20.5. The number of hydrogen-bond acceptors (Lipinski definition) is 6. The number of nitrogens with one attached hydrogen (secondary N) is 1. The lowest BCUT2D eigenvalue weighted by atomic mass is 9.92. The summed E-state index contributed by atoms with van der Waals surface area (Å²) in [5, 5.41) is 2.28. The Morgan fingerprint density at radius 2 is 1.53 bits per heavy atom. The number of halogens is 2. The van der Waals surface area contributed by atoms with Crippen LogP contribution in [0.4, 0.5) is 0 Å². The largest absolute Gasteiger partial charge is 0.380 e. The van der Waals surface area contributed by atoms with E-state index in [0.717, 1.165) is 32.1 Å². The second-order valence-electron chi connectivity index (χ2n) is 9.84. The Labute approximate surface area is 217 Å². The smallest absolute Gasteiger partial charge is 0.235 e. The van der Waals surface area contributed by atoms with Crippen LogP contribution in [0.15, 0.2) is 0 Å². The summed E-state index contributed by atoms with van der Waals surface area (Å²) in [5.41, 5.74) is 0. The molecule has 34 heavy (non-hydrogen) atoms. The highest BCUT2D eigenvalue weighted by Gasteiger charge is 2.46. The molecule has 0 aliphatic heterocycles. The molecule has 0 aromatic heterocycles. The SMILES string of the molecule is COC1CCC(S(=O)(=O)N(CC(=O)NC2CCC(Br)CC2)C2CC(Cl)CCC2OC)CC1OC. The van der Waals surface area contributed by atoms with Crippen molar-refractivity contribution in [1.82, 2.24) is 9.62 Å². The highest BCUT2D eigenvalue weighted by Crippen LogP contribution is 2.35. The Morgan fingerprint density at radius 3 is 2.15 bits per heavy atom. The third-order valence-corrected chi connectivity index (χ3v) is 11.4. The summed E-state index contributed by atoms with van der Waals surface area (Å²) in [6, 6.07) is -0.400. The lowest BCUT2D eigenvalue weighted by Gasteiger charge is -2.42. The molecule has 3 saturated carbocycles. The number of nitrogens with zero attached hydrogens (tertiary/aromatic N) is 1. The summed E-state index contributed by atoms with van der Waals surface area (Å²) in [5.74, 6) is -0.262. The Bertz CT molecular complexity index is 767. The number of ether oxygens (including phenoxy) is 3. The molecule has 0 aromatic rings. The number of alkyl halides is 2. The highest BCUT2D eigenvalue weighted by atomic mass is 79.9. The van der Waals surface area contributed by atoms with E-state index in [4.69, 9.17) is 25.8 Å². The van der Waals surface area contributed by atoms with Gasteiger partial charge in [-0.25, -0.2) is 8.42 Å². The van der Waals surface area contributed by atoms with Crippen LogP contribution < -0.4 is 5.32 Å². The normalized spacial score (nSPS) is 37.5. The summed E-state index contributed by atoms with van der Waals surface area (Å²) >= 11 is 10.1. The van der Waals surface area contributed by atoms with Gasteiger partial charge in [-0.3, -0.25) is 4.79 Å². The van der Waals surface area contributed by atoms with E-state index in [1.54, 1.807) is 21.3 Å². The molecule has 0 bridgehead atoms. The lowest BCUT2D eigenvalue weighted by molar-refractivity contribution is -0.123. The molecular weight excluding hydrogens is 548 g/mol. The van der Waals surface area contributed by atoms with Gasteiger partial charge in [-0.05, 0) is 64.2 Å². The predicted molar refractivity (Wildman–Crippen MR) is 136 cm³/mol. The van der Waals surface area contributed by atoms with Gasteiger partial charge in [0.15, 0.2) is 0 Å². The zero-order chi connectivity index (χ0) is 24.9. The molecule has 6 atom stereocenters. The molecule has 11 heteroatoms. The first-order valence-corrected chi connectivity index (χ1v) is 15.2. The predicted octanol–water partition coefficient (Wildman–Crippen LogP) is 3.20. The number of sulfonamides is 1. The molecule has 0 saturated heterocycles. The molecule has 8 nitrogen and oxygen atoms in total. The fraction of sp³-hybridized carbons (Fsp3) is 0.957. The summed E-state index contributed by atoms with van der Waals surface area (Å²) in [4.78, 5) is 13.6. The van der Waals surface area contributed by atoms with Crippen molar-refractivity contribution in [2.24, 2.45) is 0 Å². The van der Waals surface area contributed by atoms with Gasteiger partial charge < -0.3 is 19.5 Å². The van der Waals surface area contributed by atoms with E-state index in [1.807, 2.05) is 0 Å². The van der Waals surface area contributed by atoms with Crippen LogP contribution in [0.3, 0.4) is 0 Å². The van der Waals surface area contributed by atoms with Gasteiger partial charge in [0.1, 0.15) is 0 Å². The minimum absolute atomic E-state index is 0.0752. The van der Waals surface area contributed by atoms with Crippen LogP contribution in [0.5, 0.6) is 0 Å². The Balaban J connectivity index is 1.81. The van der Waals surface area contributed by atoms with Crippen molar-refractivity contribution in [3.05, 3.63) is 0 Å². The summed E-state index contributed by atoms with van der Waals surface area (Å²) in [6.45, 7) is -0.216. The summed E-state index contributed by atoms with van der Waals surface area (Å²) in [6.07, 6.45) is 6.30. The van der Waals surface area contributed by atoms with Crippen molar-refractivity contribution in [2.45, 2.75) is 110 Å². The van der Waals surface area contributed by atoms with E-state index in [2.05, 4.69) is 21.2 Å². The molecule has 0 aromatic carbocycles. The van der Waals surface area contributed by atoms with Gasteiger partial charge in [0.2, 0.25) is 15.9 Å². The molecule has 198 valence electrons. The van der Waals surface area contributed by atoms with Crippen molar-refractivity contribution >= 4 is 43.5 Å². The lowest BCUT2D eigenvalue weighted by Crippen LogP contribution is -2.57.